The number of phosphoric ester groups is 1. The highest BCUT2D eigenvalue weighted by molar-refractivity contribution is 7.47. The molecule has 0 fully saturated rings. The lowest BCUT2D eigenvalue weighted by molar-refractivity contribution is -0.161. The molecule has 0 aliphatic carbocycles. The van der Waals surface area contributed by atoms with Crippen LogP contribution in [0.3, 0.4) is 0 Å². The Labute approximate surface area is 490 Å². The summed E-state index contributed by atoms with van der Waals surface area (Å²) in [6.07, 6.45) is 71.4. The quantitative estimate of drug-likeness (QED) is 0.0197. The Bertz CT molecular complexity index is 1620. The summed E-state index contributed by atoms with van der Waals surface area (Å²) in [4.78, 5) is 48.8. The molecule has 464 valence electrons. The van der Waals surface area contributed by atoms with E-state index >= 15 is 0 Å². The number of allylic oxidation sites excluding steroid dienone is 12. The third kappa shape index (κ3) is 59.5. The average Bonchev–Trinajstić information content (AvgIpc) is 3.45. The number of ether oxygens (including phenoxy) is 3. The first-order valence-corrected chi connectivity index (χ1v) is 34.3. The zero-order valence-electron chi connectivity index (χ0n) is 51.5. The number of carbonyl (C=O) groups is 3. The molecule has 0 saturated carbocycles. The molecule has 0 aromatic carbocycles. The van der Waals surface area contributed by atoms with Crippen molar-refractivity contribution < 1.29 is 52.2 Å². The molecule has 0 saturated heterocycles. The van der Waals surface area contributed by atoms with E-state index in [4.69, 9.17) is 23.3 Å². The smallest absolute Gasteiger partial charge is 0.462 e. The maximum atomic E-state index is 13.0. The summed E-state index contributed by atoms with van der Waals surface area (Å²) in [5.41, 5.74) is 0. The molecule has 0 rings (SSSR count). The second-order valence-electron chi connectivity index (χ2n) is 21.9. The van der Waals surface area contributed by atoms with Crippen LogP contribution in [0, 0.1) is 0 Å². The number of carbonyl (C=O) groups excluding carboxylic acids is 3. The van der Waals surface area contributed by atoms with Crippen LogP contribution in [0.25, 0.3) is 0 Å². The molecule has 80 heavy (non-hydrogen) atoms. The van der Waals surface area contributed by atoms with Crippen molar-refractivity contribution in [1.29, 1.82) is 0 Å². The van der Waals surface area contributed by atoms with Crippen molar-refractivity contribution in [3.8, 4) is 0 Å². The Morgan fingerprint density at radius 1 is 0.362 bits per heavy atom. The second-order valence-corrected chi connectivity index (χ2v) is 23.4. The summed E-state index contributed by atoms with van der Waals surface area (Å²) in [5, 5.41) is 9.86. The van der Waals surface area contributed by atoms with Crippen molar-refractivity contribution in [3.63, 3.8) is 0 Å². The Morgan fingerprint density at radius 2 is 0.650 bits per heavy atom. The van der Waals surface area contributed by atoms with E-state index in [1.807, 2.05) is 0 Å². The lowest BCUT2D eigenvalue weighted by Gasteiger charge is -2.21. The zero-order valence-corrected chi connectivity index (χ0v) is 52.4. The van der Waals surface area contributed by atoms with Gasteiger partial charge in [0.25, 0.3) is 0 Å². The Hall–Kier alpha value is -3.08. The van der Waals surface area contributed by atoms with E-state index in [2.05, 4.69) is 93.7 Å². The minimum atomic E-state index is -4.77. The number of esters is 3. The Kier molecular flexibility index (Phi) is 59.6. The molecule has 3 unspecified atom stereocenters. The fourth-order valence-electron chi connectivity index (χ4n) is 9.14. The molecule has 0 aromatic rings. The molecular formula is C68H121O11P. The van der Waals surface area contributed by atoms with Crippen molar-refractivity contribution >= 4 is 25.7 Å². The minimum Gasteiger partial charge on any atom is -0.462 e. The molecule has 11 nitrogen and oxygen atoms in total. The van der Waals surface area contributed by atoms with Gasteiger partial charge in [-0.25, -0.2) is 4.57 Å². The van der Waals surface area contributed by atoms with E-state index in [1.54, 1.807) is 0 Å². The van der Waals surface area contributed by atoms with E-state index < -0.39 is 57.8 Å². The van der Waals surface area contributed by atoms with Gasteiger partial charge in [0.2, 0.25) is 0 Å². The summed E-state index contributed by atoms with van der Waals surface area (Å²) >= 11 is 0. The number of hydrogen-bond acceptors (Lipinski definition) is 10. The number of hydrogen-bond donors (Lipinski definition) is 2. The second kappa shape index (κ2) is 62.0. The summed E-state index contributed by atoms with van der Waals surface area (Å²) in [7, 11) is -4.77. The number of phosphoric acid groups is 1. The Morgan fingerprint density at radius 3 is 1.02 bits per heavy atom. The van der Waals surface area contributed by atoms with Crippen LogP contribution in [0.4, 0.5) is 0 Å². The van der Waals surface area contributed by atoms with Crippen LogP contribution < -0.4 is 0 Å². The van der Waals surface area contributed by atoms with Gasteiger partial charge in [0.15, 0.2) is 6.10 Å². The highest BCUT2D eigenvalue weighted by Gasteiger charge is 2.28. The van der Waals surface area contributed by atoms with Crippen molar-refractivity contribution in [2.45, 2.75) is 315 Å². The first-order valence-electron chi connectivity index (χ1n) is 32.8. The maximum Gasteiger partial charge on any atom is 0.472 e. The van der Waals surface area contributed by atoms with Gasteiger partial charge in [0, 0.05) is 19.3 Å². The standard InChI is InChI=1S/C68H121O11P/c1-4-7-10-13-16-19-22-25-28-30-32-34-37-40-43-46-49-52-55-58-67(71)78-64(60-69)62-76-80(73,74)77-63-65(61-75-66(70)57-54-51-48-45-42-39-36-27-24-21-18-15-12-9-6-3)79-68(72)59-56-53-50-47-44-41-38-35-33-31-29-26-23-20-17-14-11-8-5-2/h8,11,17,20,26-27,29,33,35-36,41,44,64-65,69H,4-7,9-10,12-16,18-19,21-25,28,30-32,34,37-40,42-43,45-63H2,1-3H3,(H,73,74)/b11-8-,20-17-,29-26-,35-33-,36-27-,44-41-. The van der Waals surface area contributed by atoms with Crippen LogP contribution in [0.2, 0.25) is 0 Å². The molecule has 0 aromatic heterocycles. The fraction of sp³-hybridized carbons (Fsp3) is 0.779. The minimum absolute atomic E-state index is 0.126. The predicted octanol–water partition coefficient (Wildman–Crippen LogP) is 20.0. The normalized spacial score (nSPS) is 13.7. The van der Waals surface area contributed by atoms with Crippen molar-refractivity contribution in [3.05, 3.63) is 72.9 Å². The van der Waals surface area contributed by atoms with Gasteiger partial charge in [-0.1, -0.05) is 267 Å². The molecule has 0 heterocycles. The van der Waals surface area contributed by atoms with E-state index in [0.717, 1.165) is 109 Å². The van der Waals surface area contributed by atoms with Gasteiger partial charge < -0.3 is 24.2 Å². The third-order valence-electron chi connectivity index (χ3n) is 14.1. The summed E-state index contributed by atoms with van der Waals surface area (Å²) in [6, 6.07) is 0. The van der Waals surface area contributed by atoms with Gasteiger partial charge in [-0.15, -0.1) is 0 Å². The molecule has 3 atom stereocenters. The van der Waals surface area contributed by atoms with Crippen molar-refractivity contribution in [2.24, 2.45) is 0 Å². The number of aliphatic hydroxyl groups is 1. The molecular weight excluding hydrogens is 1020 g/mol. The number of rotatable bonds is 61. The van der Waals surface area contributed by atoms with Crippen molar-refractivity contribution in [1.82, 2.24) is 0 Å². The first-order chi connectivity index (χ1) is 39.2. The monoisotopic (exact) mass is 1140 g/mol. The first kappa shape index (κ1) is 76.9. The van der Waals surface area contributed by atoms with Gasteiger partial charge in [-0.3, -0.25) is 23.4 Å². The summed E-state index contributed by atoms with van der Waals surface area (Å²) in [6.45, 7) is 4.53. The average molecular weight is 1150 g/mol. The molecule has 0 aliphatic heterocycles. The van der Waals surface area contributed by atoms with Gasteiger partial charge in [-0.05, 0) is 89.9 Å². The van der Waals surface area contributed by atoms with Crippen molar-refractivity contribution in [2.75, 3.05) is 26.4 Å². The predicted molar refractivity (Wildman–Crippen MR) is 335 cm³/mol. The van der Waals surface area contributed by atoms with Crippen LogP contribution >= 0.6 is 7.82 Å². The summed E-state index contributed by atoms with van der Waals surface area (Å²) in [5.74, 6) is -1.50. The Balaban J connectivity index is 4.71. The largest absolute Gasteiger partial charge is 0.472 e. The van der Waals surface area contributed by atoms with Crippen LogP contribution in [0.5, 0.6) is 0 Å². The van der Waals surface area contributed by atoms with E-state index in [9.17, 15) is 28.9 Å². The summed E-state index contributed by atoms with van der Waals surface area (Å²) < 4.78 is 39.7. The van der Waals surface area contributed by atoms with E-state index in [-0.39, 0.29) is 25.9 Å². The lowest BCUT2D eigenvalue weighted by atomic mass is 10.0. The highest BCUT2D eigenvalue weighted by atomic mass is 31.2. The van der Waals surface area contributed by atoms with Gasteiger partial charge >= 0.3 is 25.7 Å². The van der Waals surface area contributed by atoms with Crippen LogP contribution in [0.1, 0.15) is 303 Å². The molecule has 0 bridgehead atoms. The van der Waals surface area contributed by atoms with Gasteiger partial charge in [0.1, 0.15) is 12.7 Å². The van der Waals surface area contributed by atoms with Crippen LogP contribution in [0.15, 0.2) is 72.9 Å². The molecule has 0 amide bonds. The van der Waals surface area contributed by atoms with Crippen LogP contribution in [-0.4, -0.2) is 66.5 Å². The molecule has 2 N–H and O–H groups in total. The SMILES string of the molecule is CC/C=C\C/C=C\C/C=C\C/C=C\C/C=C\CCCCCC(=O)OC(COC(=O)CCCCCCC/C=C\CCCCCCCC)COP(=O)(O)OCC(CO)OC(=O)CCCCCCCCCCCCCCCCCCCCC. The van der Waals surface area contributed by atoms with Crippen LogP contribution in [-0.2, 0) is 42.2 Å². The fourth-order valence-corrected chi connectivity index (χ4v) is 9.93. The maximum absolute atomic E-state index is 13.0. The lowest BCUT2D eigenvalue weighted by Crippen LogP contribution is -2.30. The zero-order chi connectivity index (χ0) is 58.3. The molecule has 0 radical (unpaired) electrons. The van der Waals surface area contributed by atoms with E-state index in [0.29, 0.717) is 19.3 Å². The highest BCUT2D eigenvalue weighted by Crippen LogP contribution is 2.43. The molecule has 12 heteroatoms. The topological polar surface area (TPSA) is 155 Å². The third-order valence-corrected chi connectivity index (χ3v) is 15.1. The molecule has 0 aliphatic rings. The van der Waals surface area contributed by atoms with Gasteiger partial charge in [0.05, 0.1) is 19.8 Å². The number of aliphatic hydroxyl groups excluding tert-OH is 1. The number of unbranched alkanes of at least 4 members (excludes halogenated alkanes) is 32. The van der Waals surface area contributed by atoms with Gasteiger partial charge in [-0.2, -0.15) is 0 Å². The van der Waals surface area contributed by atoms with E-state index in [1.165, 1.54) is 135 Å². The molecule has 0 spiro atoms.